The zero-order valence-electron chi connectivity index (χ0n) is 22.8. The van der Waals surface area contributed by atoms with Crippen molar-refractivity contribution in [3.8, 4) is 5.69 Å². The van der Waals surface area contributed by atoms with E-state index in [1.165, 1.54) is 18.2 Å². The lowest BCUT2D eigenvalue weighted by Gasteiger charge is -2.21. The highest BCUT2D eigenvalue weighted by molar-refractivity contribution is 8.00. The van der Waals surface area contributed by atoms with Crippen LogP contribution < -0.4 is 16.2 Å². The SMILES string of the molecule is Cc1c(NC(=O)C(Sc2cccc(NC(=O)C3CCCCC3)c2)c2ccccc2)c(=O)n(-c2ccccc2)n1C. The van der Waals surface area contributed by atoms with E-state index in [1.807, 2.05) is 91.9 Å². The van der Waals surface area contributed by atoms with E-state index in [4.69, 9.17) is 0 Å². The standard InChI is InChI=1S/C32H34N4O3S/c1-22-28(32(39)36(35(22)2)26-18-10-5-11-19-26)34-31(38)29(23-13-6-3-7-14-23)40-27-20-12-17-25(21-27)33-30(37)24-15-8-4-9-16-24/h3,5-7,10-14,17-21,24,29H,4,8-9,15-16H2,1-2H3,(H,33,37)(H,34,38). The molecule has 0 saturated heterocycles. The summed E-state index contributed by atoms with van der Waals surface area (Å²) in [5.74, 6) is -0.172. The number of para-hydroxylation sites is 1. The maximum atomic E-state index is 13.8. The van der Waals surface area contributed by atoms with Crippen molar-refractivity contribution >= 4 is 35.0 Å². The number of carbonyl (C=O) groups excluding carboxylic acids is 2. The third-order valence-electron chi connectivity index (χ3n) is 7.47. The predicted molar refractivity (Wildman–Crippen MR) is 161 cm³/mol. The molecule has 1 saturated carbocycles. The number of thioether (sulfide) groups is 1. The average molecular weight is 555 g/mol. The molecular weight excluding hydrogens is 520 g/mol. The highest BCUT2D eigenvalue weighted by Gasteiger charge is 2.26. The van der Waals surface area contributed by atoms with Crippen molar-refractivity contribution in [2.75, 3.05) is 10.6 Å². The van der Waals surface area contributed by atoms with Gasteiger partial charge in [-0.1, -0.05) is 73.9 Å². The summed E-state index contributed by atoms with van der Waals surface area (Å²) in [6.07, 6.45) is 5.25. The molecule has 1 heterocycles. The number of anilines is 2. The van der Waals surface area contributed by atoms with Crippen LogP contribution in [0, 0.1) is 12.8 Å². The van der Waals surface area contributed by atoms with Crippen molar-refractivity contribution in [2.24, 2.45) is 13.0 Å². The average Bonchev–Trinajstić information content (AvgIpc) is 3.20. The van der Waals surface area contributed by atoms with Crippen LogP contribution in [0.15, 0.2) is 94.6 Å². The van der Waals surface area contributed by atoms with Crippen molar-refractivity contribution in [3.63, 3.8) is 0 Å². The van der Waals surface area contributed by atoms with Crippen LogP contribution in [0.5, 0.6) is 0 Å². The van der Waals surface area contributed by atoms with Gasteiger partial charge < -0.3 is 10.6 Å². The Bertz CT molecular complexity index is 1540. The maximum absolute atomic E-state index is 13.8. The number of hydrogen-bond donors (Lipinski definition) is 2. The van der Waals surface area contributed by atoms with E-state index in [9.17, 15) is 14.4 Å². The van der Waals surface area contributed by atoms with Gasteiger partial charge in [0.2, 0.25) is 11.8 Å². The number of hydrogen-bond acceptors (Lipinski definition) is 4. The Labute approximate surface area is 238 Å². The van der Waals surface area contributed by atoms with Crippen molar-refractivity contribution in [1.29, 1.82) is 0 Å². The molecule has 0 spiro atoms. The predicted octanol–water partition coefficient (Wildman–Crippen LogP) is 6.48. The van der Waals surface area contributed by atoms with Gasteiger partial charge in [0.15, 0.2) is 0 Å². The molecule has 5 rings (SSSR count). The fourth-order valence-corrected chi connectivity index (χ4v) is 6.28. The third-order valence-corrected chi connectivity index (χ3v) is 8.72. The van der Waals surface area contributed by atoms with Gasteiger partial charge in [-0.2, -0.15) is 0 Å². The van der Waals surface area contributed by atoms with Gasteiger partial charge in [-0.25, -0.2) is 4.68 Å². The fourth-order valence-electron chi connectivity index (χ4n) is 5.19. The van der Waals surface area contributed by atoms with E-state index >= 15 is 0 Å². The lowest BCUT2D eigenvalue weighted by atomic mass is 9.88. The smallest absolute Gasteiger partial charge is 0.295 e. The summed E-state index contributed by atoms with van der Waals surface area (Å²) >= 11 is 1.39. The van der Waals surface area contributed by atoms with E-state index in [-0.39, 0.29) is 29.0 Å². The molecule has 1 atom stereocenters. The Morgan fingerprint density at radius 1 is 0.875 bits per heavy atom. The first kappa shape index (κ1) is 27.5. The lowest BCUT2D eigenvalue weighted by molar-refractivity contribution is -0.120. The van der Waals surface area contributed by atoms with Gasteiger partial charge in [0.1, 0.15) is 10.9 Å². The number of nitrogens with one attached hydrogen (secondary N) is 2. The summed E-state index contributed by atoms with van der Waals surface area (Å²) in [5, 5.41) is 5.39. The molecule has 1 aliphatic rings. The van der Waals surface area contributed by atoms with Crippen LogP contribution in [-0.2, 0) is 16.6 Å². The minimum atomic E-state index is -0.616. The molecule has 2 amide bonds. The number of amides is 2. The first-order chi connectivity index (χ1) is 19.4. The largest absolute Gasteiger partial charge is 0.326 e. The van der Waals surface area contributed by atoms with E-state index in [2.05, 4.69) is 10.6 Å². The Hall–Kier alpha value is -4.04. The lowest BCUT2D eigenvalue weighted by Crippen LogP contribution is -2.25. The zero-order valence-corrected chi connectivity index (χ0v) is 23.6. The normalized spacial score (nSPS) is 14.4. The van der Waals surface area contributed by atoms with Crippen molar-refractivity contribution < 1.29 is 9.59 Å². The van der Waals surface area contributed by atoms with Gasteiger partial charge in [0.05, 0.1) is 11.4 Å². The molecule has 4 aromatic rings. The first-order valence-corrected chi connectivity index (χ1v) is 14.6. The van der Waals surface area contributed by atoms with Gasteiger partial charge in [-0.3, -0.25) is 19.1 Å². The number of aromatic nitrogens is 2. The molecule has 1 unspecified atom stereocenters. The molecule has 1 aromatic heterocycles. The van der Waals surface area contributed by atoms with E-state index in [1.54, 1.807) is 16.4 Å². The van der Waals surface area contributed by atoms with Crippen LogP contribution in [0.4, 0.5) is 11.4 Å². The first-order valence-electron chi connectivity index (χ1n) is 13.7. The summed E-state index contributed by atoms with van der Waals surface area (Å²) in [6.45, 7) is 1.82. The van der Waals surface area contributed by atoms with Crippen molar-refractivity contribution in [1.82, 2.24) is 9.36 Å². The molecule has 40 heavy (non-hydrogen) atoms. The van der Waals surface area contributed by atoms with Gasteiger partial charge in [0, 0.05) is 23.5 Å². The summed E-state index contributed by atoms with van der Waals surface area (Å²) in [4.78, 5) is 40.9. The summed E-state index contributed by atoms with van der Waals surface area (Å²) < 4.78 is 3.30. The zero-order chi connectivity index (χ0) is 28.1. The van der Waals surface area contributed by atoms with Crippen LogP contribution in [0.25, 0.3) is 5.69 Å². The monoisotopic (exact) mass is 554 g/mol. The van der Waals surface area contributed by atoms with E-state index < -0.39 is 5.25 Å². The van der Waals surface area contributed by atoms with Crippen LogP contribution in [0.1, 0.15) is 48.6 Å². The minimum absolute atomic E-state index is 0.0574. The molecule has 0 bridgehead atoms. The molecule has 7 nitrogen and oxygen atoms in total. The van der Waals surface area contributed by atoms with Gasteiger partial charge >= 0.3 is 0 Å². The number of benzene rings is 3. The fraction of sp³-hybridized carbons (Fsp3) is 0.281. The maximum Gasteiger partial charge on any atom is 0.295 e. The molecule has 2 N–H and O–H groups in total. The molecular formula is C32H34N4O3S. The highest BCUT2D eigenvalue weighted by Crippen LogP contribution is 2.37. The second kappa shape index (κ2) is 12.4. The number of nitrogens with zero attached hydrogens (tertiary/aromatic N) is 2. The van der Waals surface area contributed by atoms with Crippen LogP contribution in [0.2, 0.25) is 0 Å². The van der Waals surface area contributed by atoms with Crippen LogP contribution in [-0.4, -0.2) is 21.2 Å². The Morgan fingerprint density at radius 2 is 1.55 bits per heavy atom. The van der Waals surface area contributed by atoms with Gasteiger partial charge in [-0.15, -0.1) is 11.8 Å². The second-order valence-electron chi connectivity index (χ2n) is 10.2. The number of carbonyl (C=O) groups is 2. The van der Waals surface area contributed by atoms with Gasteiger partial charge in [-0.05, 0) is 55.7 Å². The van der Waals surface area contributed by atoms with Crippen LogP contribution in [0.3, 0.4) is 0 Å². The summed E-state index contributed by atoms with van der Waals surface area (Å²) in [6, 6.07) is 26.5. The molecule has 1 aliphatic carbocycles. The van der Waals surface area contributed by atoms with E-state index in [0.29, 0.717) is 5.69 Å². The Balaban J connectivity index is 1.39. The molecule has 0 aliphatic heterocycles. The Morgan fingerprint density at radius 3 is 2.25 bits per heavy atom. The molecule has 3 aromatic carbocycles. The molecule has 206 valence electrons. The molecule has 1 fully saturated rings. The number of rotatable bonds is 8. The van der Waals surface area contributed by atoms with Gasteiger partial charge in [0.25, 0.3) is 5.56 Å². The summed E-state index contributed by atoms with van der Waals surface area (Å²) in [5.41, 5.74) is 2.89. The van der Waals surface area contributed by atoms with Crippen LogP contribution >= 0.6 is 11.8 Å². The Kier molecular flexibility index (Phi) is 8.55. The quantitative estimate of drug-likeness (QED) is 0.244. The molecule has 0 radical (unpaired) electrons. The summed E-state index contributed by atoms with van der Waals surface area (Å²) in [7, 11) is 1.80. The topological polar surface area (TPSA) is 85.1 Å². The minimum Gasteiger partial charge on any atom is -0.326 e. The van der Waals surface area contributed by atoms with E-state index in [0.717, 1.165) is 47.5 Å². The third kappa shape index (κ3) is 6.07. The highest BCUT2D eigenvalue weighted by atomic mass is 32.2. The second-order valence-corrected chi connectivity index (χ2v) is 11.4. The van der Waals surface area contributed by atoms with Crippen molar-refractivity contribution in [3.05, 3.63) is 107 Å². The van der Waals surface area contributed by atoms with Crippen molar-refractivity contribution in [2.45, 2.75) is 49.2 Å². The molecule has 8 heteroatoms.